The van der Waals surface area contributed by atoms with E-state index in [-0.39, 0.29) is 5.75 Å². The quantitative estimate of drug-likeness (QED) is 0.716. The van der Waals surface area contributed by atoms with E-state index >= 15 is 0 Å². The molecule has 1 aromatic carbocycles. The molecule has 0 saturated carbocycles. The monoisotopic (exact) mass is 207 g/mol. The molecule has 15 heavy (non-hydrogen) atoms. The van der Waals surface area contributed by atoms with Gasteiger partial charge < -0.3 is 10.2 Å². The number of carboxylic acids is 1. The van der Waals surface area contributed by atoms with Crippen LogP contribution in [0, 0.1) is 0 Å². The Morgan fingerprint density at radius 3 is 2.87 bits per heavy atom. The largest absolute Gasteiger partial charge is 0.508 e. The normalized spacial score (nSPS) is 21.0. The summed E-state index contributed by atoms with van der Waals surface area (Å²) in [6, 6.07) is 4.64. The van der Waals surface area contributed by atoms with E-state index in [1.165, 1.54) is 0 Å². The number of aliphatic carboxylic acids is 1. The van der Waals surface area contributed by atoms with Gasteiger partial charge in [-0.1, -0.05) is 6.07 Å². The van der Waals surface area contributed by atoms with E-state index in [9.17, 15) is 9.90 Å². The van der Waals surface area contributed by atoms with E-state index in [0.29, 0.717) is 13.0 Å². The van der Waals surface area contributed by atoms with Crippen LogP contribution in [0.25, 0.3) is 0 Å². The number of rotatable bonds is 1. The van der Waals surface area contributed by atoms with Crippen molar-refractivity contribution in [2.45, 2.75) is 19.0 Å². The third-order valence-electron chi connectivity index (χ3n) is 2.84. The Balaban J connectivity index is 2.33. The maximum atomic E-state index is 11.0. The molecule has 0 radical (unpaired) electrons. The van der Waals surface area contributed by atoms with E-state index in [4.69, 9.17) is 5.11 Å². The van der Waals surface area contributed by atoms with Crippen LogP contribution in [-0.2, 0) is 17.8 Å². The second kappa shape index (κ2) is 3.55. The standard InChI is InChI=1S/C11H13NO3/c1-12-6-8-4-9(13)3-2-7(8)5-10(12)11(14)15/h2-4,10,13H,5-6H2,1H3,(H,14,15)/t10-/m1/s1. The molecule has 4 heteroatoms. The van der Waals surface area contributed by atoms with Crippen LogP contribution >= 0.6 is 0 Å². The Morgan fingerprint density at radius 1 is 1.47 bits per heavy atom. The second-order valence-electron chi connectivity index (χ2n) is 3.93. The van der Waals surface area contributed by atoms with Gasteiger partial charge in [0.2, 0.25) is 0 Å². The van der Waals surface area contributed by atoms with Gasteiger partial charge in [0.1, 0.15) is 11.8 Å². The van der Waals surface area contributed by atoms with Crippen LogP contribution in [0.1, 0.15) is 11.1 Å². The van der Waals surface area contributed by atoms with Crippen molar-refractivity contribution in [3.63, 3.8) is 0 Å². The number of benzene rings is 1. The molecule has 0 unspecified atom stereocenters. The van der Waals surface area contributed by atoms with Crippen LogP contribution in [0.5, 0.6) is 5.75 Å². The van der Waals surface area contributed by atoms with Crippen molar-refractivity contribution in [2.24, 2.45) is 0 Å². The number of likely N-dealkylation sites (N-methyl/N-ethyl adjacent to an activating group) is 1. The van der Waals surface area contributed by atoms with Crippen molar-refractivity contribution in [3.05, 3.63) is 29.3 Å². The highest BCUT2D eigenvalue weighted by atomic mass is 16.4. The molecule has 0 amide bonds. The molecule has 0 spiro atoms. The zero-order valence-electron chi connectivity index (χ0n) is 8.47. The topological polar surface area (TPSA) is 60.8 Å². The van der Waals surface area contributed by atoms with Gasteiger partial charge in [-0.15, -0.1) is 0 Å². The third kappa shape index (κ3) is 1.80. The summed E-state index contributed by atoms with van der Waals surface area (Å²) in [4.78, 5) is 12.7. The molecule has 4 nitrogen and oxygen atoms in total. The van der Waals surface area contributed by atoms with E-state index in [1.54, 1.807) is 30.1 Å². The molecule has 0 bridgehead atoms. The predicted octanol–water partition coefficient (Wildman–Crippen LogP) is 0.833. The molecular formula is C11H13NO3. The zero-order chi connectivity index (χ0) is 11.0. The highest BCUT2D eigenvalue weighted by molar-refractivity contribution is 5.74. The molecule has 1 atom stereocenters. The number of hydrogen-bond donors (Lipinski definition) is 2. The van der Waals surface area contributed by atoms with Gasteiger partial charge in [-0.3, -0.25) is 9.69 Å². The van der Waals surface area contributed by atoms with Gasteiger partial charge in [-0.05, 0) is 36.7 Å². The summed E-state index contributed by atoms with van der Waals surface area (Å²) in [5, 5.41) is 18.3. The smallest absolute Gasteiger partial charge is 0.321 e. The van der Waals surface area contributed by atoms with Crippen LogP contribution in [0.2, 0.25) is 0 Å². The SMILES string of the molecule is CN1Cc2cc(O)ccc2C[C@@H]1C(=O)O. The Kier molecular flexibility index (Phi) is 2.36. The molecule has 1 aliphatic rings. The minimum absolute atomic E-state index is 0.232. The molecule has 2 rings (SSSR count). The molecule has 2 N–H and O–H groups in total. The number of carboxylic acid groups (broad SMARTS) is 1. The van der Waals surface area contributed by atoms with E-state index in [0.717, 1.165) is 11.1 Å². The summed E-state index contributed by atoms with van der Waals surface area (Å²) in [6.07, 6.45) is 0.501. The summed E-state index contributed by atoms with van der Waals surface area (Å²) < 4.78 is 0. The van der Waals surface area contributed by atoms with Gasteiger partial charge in [-0.2, -0.15) is 0 Å². The van der Waals surface area contributed by atoms with Crippen molar-refractivity contribution in [1.82, 2.24) is 4.90 Å². The summed E-state index contributed by atoms with van der Waals surface area (Å²) >= 11 is 0. The van der Waals surface area contributed by atoms with Gasteiger partial charge >= 0.3 is 5.97 Å². The predicted molar refractivity (Wildman–Crippen MR) is 54.7 cm³/mol. The van der Waals surface area contributed by atoms with Crippen LogP contribution in [0.15, 0.2) is 18.2 Å². The number of aromatic hydroxyl groups is 1. The lowest BCUT2D eigenvalue weighted by Gasteiger charge is -2.31. The van der Waals surface area contributed by atoms with E-state index in [1.807, 2.05) is 0 Å². The number of nitrogens with zero attached hydrogens (tertiary/aromatic N) is 1. The maximum Gasteiger partial charge on any atom is 0.321 e. The zero-order valence-corrected chi connectivity index (χ0v) is 8.47. The van der Waals surface area contributed by atoms with Gasteiger partial charge in [0.25, 0.3) is 0 Å². The average molecular weight is 207 g/mol. The second-order valence-corrected chi connectivity index (χ2v) is 3.93. The molecule has 1 aliphatic heterocycles. The number of phenolic OH excluding ortho intramolecular Hbond substituents is 1. The molecule has 0 saturated heterocycles. The minimum atomic E-state index is -0.795. The fourth-order valence-corrected chi connectivity index (χ4v) is 1.98. The first-order valence-corrected chi connectivity index (χ1v) is 4.82. The highest BCUT2D eigenvalue weighted by Gasteiger charge is 2.28. The number of carbonyl (C=O) groups is 1. The van der Waals surface area contributed by atoms with Gasteiger partial charge in [0.15, 0.2) is 0 Å². The van der Waals surface area contributed by atoms with Crippen LogP contribution < -0.4 is 0 Å². The Labute approximate surface area is 87.8 Å². The lowest BCUT2D eigenvalue weighted by Crippen LogP contribution is -2.42. The van der Waals surface area contributed by atoms with Crippen LogP contribution in [0.4, 0.5) is 0 Å². The van der Waals surface area contributed by atoms with E-state index in [2.05, 4.69) is 0 Å². The average Bonchev–Trinajstić information content (AvgIpc) is 2.15. The molecule has 0 fully saturated rings. The van der Waals surface area contributed by atoms with Crippen molar-refractivity contribution in [2.75, 3.05) is 7.05 Å². The van der Waals surface area contributed by atoms with Gasteiger partial charge in [0, 0.05) is 6.54 Å². The molecule has 1 aromatic rings. The van der Waals surface area contributed by atoms with Crippen molar-refractivity contribution in [1.29, 1.82) is 0 Å². The van der Waals surface area contributed by atoms with Crippen molar-refractivity contribution in [3.8, 4) is 5.75 Å². The Hall–Kier alpha value is -1.55. The summed E-state index contributed by atoms with van der Waals surface area (Å²) in [6.45, 7) is 0.570. The minimum Gasteiger partial charge on any atom is -0.508 e. The van der Waals surface area contributed by atoms with Crippen molar-refractivity contribution < 1.29 is 15.0 Å². The summed E-state index contributed by atoms with van der Waals surface area (Å²) in [5.74, 6) is -0.563. The number of fused-ring (bicyclic) bond motifs is 1. The fourth-order valence-electron chi connectivity index (χ4n) is 1.98. The highest BCUT2D eigenvalue weighted by Crippen LogP contribution is 2.25. The van der Waals surface area contributed by atoms with Gasteiger partial charge in [0.05, 0.1) is 0 Å². The first-order valence-electron chi connectivity index (χ1n) is 4.82. The van der Waals surface area contributed by atoms with Crippen molar-refractivity contribution >= 4 is 5.97 Å². The molecule has 1 heterocycles. The lowest BCUT2D eigenvalue weighted by molar-refractivity contribution is -0.143. The fraction of sp³-hybridized carbons (Fsp3) is 0.364. The number of phenols is 1. The van der Waals surface area contributed by atoms with Crippen LogP contribution in [0.3, 0.4) is 0 Å². The Morgan fingerprint density at radius 2 is 2.20 bits per heavy atom. The molecule has 0 aromatic heterocycles. The lowest BCUT2D eigenvalue weighted by atomic mass is 9.94. The third-order valence-corrected chi connectivity index (χ3v) is 2.84. The van der Waals surface area contributed by atoms with E-state index < -0.39 is 12.0 Å². The Bertz CT molecular complexity index is 403. The molecule has 80 valence electrons. The van der Waals surface area contributed by atoms with Gasteiger partial charge in [-0.25, -0.2) is 0 Å². The molecule has 0 aliphatic carbocycles. The summed E-state index contributed by atoms with van der Waals surface area (Å²) in [5.41, 5.74) is 2.02. The number of hydrogen-bond acceptors (Lipinski definition) is 3. The first-order chi connectivity index (χ1) is 7.08. The maximum absolute atomic E-state index is 11.0. The first kappa shape index (κ1) is 9.98. The summed E-state index contributed by atoms with van der Waals surface area (Å²) in [7, 11) is 1.78. The molecular weight excluding hydrogens is 194 g/mol. The van der Waals surface area contributed by atoms with Crippen LogP contribution in [-0.4, -0.2) is 34.2 Å².